The number of hydrogen-bond acceptors (Lipinski definition) is 3. The van der Waals surface area contributed by atoms with Crippen molar-refractivity contribution in [2.24, 2.45) is 5.11 Å². The van der Waals surface area contributed by atoms with Gasteiger partial charge < -0.3 is 0 Å². The number of methoxy groups -OCH3 is 1. The maximum absolute atomic E-state index is 11.7. The predicted molar refractivity (Wildman–Crippen MR) is 68.7 cm³/mol. The van der Waals surface area contributed by atoms with Crippen LogP contribution in [-0.4, -0.2) is 34.1 Å². The number of benzene rings is 1. The molecule has 1 atom stereocenters. The van der Waals surface area contributed by atoms with Crippen LogP contribution in [0.4, 0.5) is 0 Å². The Morgan fingerprint density at radius 3 is 2.67 bits per heavy atom. The van der Waals surface area contributed by atoms with E-state index in [9.17, 15) is 4.79 Å². The molecule has 94 valence electrons. The molecule has 0 saturated heterocycles. The van der Waals surface area contributed by atoms with Gasteiger partial charge in [-0.25, -0.2) is 0 Å². The van der Waals surface area contributed by atoms with Crippen LogP contribution in [0, 0.1) is 0 Å². The molecule has 2 rings (SSSR count). The number of ether oxygens (including phenoxy) is 1. The van der Waals surface area contributed by atoms with E-state index in [0.29, 0.717) is 0 Å². The van der Waals surface area contributed by atoms with E-state index in [1.165, 1.54) is 11.6 Å². The molecule has 0 bridgehead atoms. The van der Waals surface area contributed by atoms with Crippen LogP contribution in [0.15, 0.2) is 35.4 Å². The first kappa shape index (κ1) is 13.0. The normalized spacial score (nSPS) is 17.4. The molecular weight excluding hydrogens is 297 g/mol. The fourth-order valence-corrected chi connectivity index (χ4v) is 4.59. The second kappa shape index (κ2) is 5.44. The summed E-state index contributed by atoms with van der Waals surface area (Å²) in [6.07, 6.45) is 1.83. The quantitative estimate of drug-likeness (QED) is 0.273. The fraction of sp³-hybridized carbons (Fsp3) is 0.417. The van der Waals surface area contributed by atoms with Crippen LogP contribution in [0.2, 0.25) is 4.31 Å². The molecule has 0 aromatic heterocycles. The average molecular weight is 310 g/mol. The zero-order valence-corrected chi connectivity index (χ0v) is 11.7. The molecule has 1 saturated carbocycles. The molecule has 0 spiro atoms. The zero-order chi connectivity index (χ0) is 13.0. The van der Waals surface area contributed by atoms with Gasteiger partial charge in [-0.3, -0.25) is 0 Å². The Morgan fingerprint density at radius 2 is 2.17 bits per heavy atom. The van der Waals surface area contributed by atoms with Gasteiger partial charge in [-0.15, -0.1) is 0 Å². The maximum atomic E-state index is 11.7. The van der Waals surface area contributed by atoms with Crippen molar-refractivity contribution >= 4 is 25.4 Å². The molecule has 0 N–H and O–H groups in total. The number of carbonyl (C=O) groups excluding carboxylic acids is 1. The van der Waals surface area contributed by atoms with Gasteiger partial charge in [0.15, 0.2) is 0 Å². The van der Waals surface area contributed by atoms with Crippen molar-refractivity contribution in [3.8, 4) is 0 Å². The minimum atomic E-state index is -0.687. The van der Waals surface area contributed by atoms with Crippen molar-refractivity contribution in [2.45, 2.75) is 23.2 Å². The van der Waals surface area contributed by atoms with Gasteiger partial charge in [0.05, 0.1) is 0 Å². The molecule has 1 aromatic carbocycles. The first-order chi connectivity index (χ1) is 8.72. The number of azide groups is 1. The van der Waals surface area contributed by atoms with Gasteiger partial charge in [-0.05, 0) is 0 Å². The molecule has 1 unspecified atom stereocenters. The van der Waals surface area contributed by atoms with Gasteiger partial charge >= 0.3 is 111 Å². The summed E-state index contributed by atoms with van der Waals surface area (Å²) in [6, 6.07) is 9.33. The van der Waals surface area contributed by atoms with Crippen molar-refractivity contribution in [1.82, 2.24) is 0 Å². The number of hydrogen-bond donors (Lipinski definition) is 0. The topological polar surface area (TPSA) is 75.1 Å². The van der Waals surface area contributed by atoms with Crippen LogP contribution in [0.25, 0.3) is 10.4 Å². The molecule has 0 heterocycles. The first-order valence-corrected chi connectivity index (χ1v) is 7.29. The van der Waals surface area contributed by atoms with E-state index in [2.05, 4.69) is 10.0 Å². The van der Waals surface area contributed by atoms with E-state index in [0.717, 1.165) is 12.8 Å². The Balaban J connectivity index is 2.19. The monoisotopic (exact) mass is 311 g/mol. The molecule has 0 amide bonds. The summed E-state index contributed by atoms with van der Waals surface area (Å²) in [4.78, 5) is 14.5. The fourth-order valence-electron chi connectivity index (χ4n) is 1.81. The Bertz CT molecular complexity index is 481. The molecule has 1 aromatic rings. The summed E-state index contributed by atoms with van der Waals surface area (Å²) in [5.41, 5.74) is 8.60. The molecule has 6 heteroatoms. The second-order valence-corrected chi connectivity index (χ2v) is 7.23. The van der Waals surface area contributed by atoms with Gasteiger partial charge in [0.25, 0.3) is 0 Å². The third kappa shape index (κ3) is 2.67. The summed E-state index contributed by atoms with van der Waals surface area (Å²) >= 11 is 0.112. The van der Waals surface area contributed by atoms with Crippen molar-refractivity contribution < 1.29 is 9.53 Å². The van der Waals surface area contributed by atoms with E-state index < -0.39 is 12.0 Å². The van der Waals surface area contributed by atoms with Crippen molar-refractivity contribution in [1.29, 1.82) is 0 Å². The summed E-state index contributed by atoms with van der Waals surface area (Å²) < 4.78 is 5.76. The molecule has 0 radical (unpaired) electrons. The van der Waals surface area contributed by atoms with Crippen molar-refractivity contribution in [3.05, 3.63) is 40.8 Å². The molecule has 1 aliphatic rings. The van der Waals surface area contributed by atoms with Crippen molar-refractivity contribution in [3.63, 3.8) is 0 Å². The van der Waals surface area contributed by atoms with Crippen molar-refractivity contribution in [2.75, 3.05) is 7.11 Å². The average Bonchev–Trinajstić information content (AvgIpc) is 3.17. The van der Waals surface area contributed by atoms with E-state index in [4.69, 9.17) is 10.3 Å². The van der Waals surface area contributed by atoms with Crippen LogP contribution >= 0.6 is 0 Å². The van der Waals surface area contributed by atoms with Crippen LogP contribution in [0.1, 0.15) is 12.8 Å². The third-order valence-electron chi connectivity index (χ3n) is 2.90. The molecule has 18 heavy (non-hydrogen) atoms. The van der Waals surface area contributed by atoms with Crippen LogP contribution < -0.4 is 4.46 Å². The van der Waals surface area contributed by atoms with Crippen LogP contribution in [0.3, 0.4) is 0 Å². The number of rotatable bonds is 5. The number of esters is 1. The van der Waals surface area contributed by atoms with E-state index in [1.807, 2.05) is 30.3 Å². The van der Waals surface area contributed by atoms with E-state index in [-0.39, 0.29) is 19.3 Å². The first-order valence-electron chi connectivity index (χ1n) is 5.58. The molecule has 1 fully saturated rings. The summed E-state index contributed by atoms with van der Waals surface area (Å²) in [7, 11) is 1.33. The second-order valence-electron chi connectivity index (χ2n) is 4.11. The standard InChI is InChI=1S/C12H13N3O2Se/c1-17-11(16)10(14-15-13)12(7-8-12)18-9-5-3-2-4-6-9/h2-6,10H,7-8H2,1H3. The predicted octanol–water partition coefficient (Wildman–Crippen LogP) is 1.82. The summed E-state index contributed by atoms with van der Waals surface area (Å²) in [5.74, 6) is -0.428. The van der Waals surface area contributed by atoms with Gasteiger partial charge in [0.2, 0.25) is 0 Å². The Labute approximate surface area is 111 Å². The summed E-state index contributed by atoms with van der Waals surface area (Å²) in [6.45, 7) is 0. The Hall–Kier alpha value is -1.48. The minimum absolute atomic E-state index is 0.112. The van der Waals surface area contributed by atoms with Crippen LogP contribution in [-0.2, 0) is 9.53 Å². The van der Waals surface area contributed by atoms with Gasteiger partial charge in [-0.1, -0.05) is 0 Å². The molecule has 0 aliphatic heterocycles. The number of nitrogens with zero attached hydrogens (tertiary/aromatic N) is 3. The third-order valence-corrected chi connectivity index (χ3v) is 6.14. The Morgan fingerprint density at radius 1 is 1.50 bits per heavy atom. The van der Waals surface area contributed by atoms with Gasteiger partial charge in [-0.2, -0.15) is 0 Å². The Kier molecular flexibility index (Phi) is 3.92. The molecule has 5 nitrogen and oxygen atoms in total. The number of carbonyl (C=O) groups is 1. The SMILES string of the molecule is COC(=O)C(N=[N+]=[N-])C1([Se]c2ccccc2)CC1. The van der Waals surface area contributed by atoms with E-state index >= 15 is 0 Å². The van der Waals surface area contributed by atoms with Gasteiger partial charge in [0.1, 0.15) is 0 Å². The van der Waals surface area contributed by atoms with Crippen LogP contribution in [0.5, 0.6) is 0 Å². The van der Waals surface area contributed by atoms with E-state index in [1.54, 1.807) is 0 Å². The molecule has 1 aliphatic carbocycles. The zero-order valence-electron chi connectivity index (χ0n) is 9.94. The van der Waals surface area contributed by atoms with Gasteiger partial charge in [0, 0.05) is 0 Å². The summed E-state index contributed by atoms with van der Waals surface area (Å²) in [5, 5.41) is 3.65. The molecular formula is C12H13N3O2Se.